The van der Waals surface area contributed by atoms with Gasteiger partial charge in [0.25, 0.3) is 5.91 Å². The molecule has 25 heavy (non-hydrogen) atoms. The van der Waals surface area contributed by atoms with Crippen LogP contribution in [0.25, 0.3) is 5.69 Å². The second-order valence-electron chi connectivity index (χ2n) is 5.79. The number of hydrogen-bond acceptors (Lipinski definition) is 6. The summed E-state index contributed by atoms with van der Waals surface area (Å²) < 4.78 is 7.34. The third-order valence-corrected chi connectivity index (χ3v) is 5.05. The fourth-order valence-corrected chi connectivity index (χ4v) is 3.64. The van der Waals surface area contributed by atoms with Crippen LogP contribution in [0.1, 0.15) is 40.0 Å². The first-order valence-corrected chi connectivity index (χ1v) is 8.90. The van der Waals surface area contributed by atoms with E-state index in [1.54, 1.807) is 10.9 Å². The van der Waals surface area contributed by atoms with E-state index < -0.39 is 0 Å². The first-order chi connectivity index (χ1) is 12.2. The molecule has 1 N–H and O–H groups in total. The third-order valence-electron chi connectivity index (χ3n) is 4.12. The van der Waals surface area contributed by atoms with Gasteiger partial charge in [-0.2, -0.15) is 5.10 Å². The molecule has 1 aromatic carbocycles. The maximum absolute atomic E-state index is 12.6. The highest BCUT2D eigenvalue weighted by Crippen LogP contribution is 2.32. The number of nitrogens with zero attached hydrogens (tertiary/aromatic N) is 4. The molecule has 1 amide bonds. The predicted octanol–water partition coefficient (Wildman–Crippen LogP) is 3.14. The summed E-state index contributed by atoms with van der Waals surface area (Å²) in [6.45, 7) is 2.62. The molecule has 0 radical (unpaired) electrons. The van der Waals surface area contributed by atoms with Crippen LogP contribution in [0, 0.1) is 6.92 Å². The molecule has 0 unspecified atom stereocenters. The molecule has 128 valence electrons. The third kappa shape index (κ3) is 3.18. The van der Waals surface area contributed by atoms with Gasteiger partial charge in [-0.1, -0.05) is 29.5 Å². The van der Waals surface area contributed by atoms with Gasteiger partial charge in [0.1, 0.15) is 11.1 Å². The summed E-state index contributed by atoms with van der Waals surface area (Å²) in [4.78, 5) is 12.6. The van der Waals surface area contributed by atoms with E-state index in [1.165, 1.54) is 11.3 Å². The lowest BCUT2D eigenvalue weighted by atomic mass is 10.2. The van der Waals surface area contributed by atoms with Gasteiger partial charge >= 0.3 is 0 Å². The molecule has 0 saturated carbocycles. The highest BCUT2D eigenvalue weighted by Gasteiger charge is 2.23. The van der Waals surface area contributed by atoms with Crippen LogP contribution in [0.5, 0.6) is 0 Å². The molecule has 4 rings (SSSR count). The van der Waals surface area contributed by atoms with Crippen LogP contribution >= 0.6 is 11.3 Å². The van der Waals surface area contributed by atoms with Gasteiger partial charge < -0.3 is 4.74 Å². The molecular weight excluding hydrogens is 338 g/mol. The Kier molecular flexibility index (Phi) is 4.29. The maximum Gasteiger partial charge on any atom is 0.260 e. The highest BCUT2D eigenvalue weighted by molar-refractivity contribution is 7.15. The van der Waals surface area contributed by atoms with Crippen molar-refractivity contribution in [2.45, 2.75) is 25.9 Å². The zero-order valence-electron chi connectivity index (χ0n) is 13.7. The molecule has 0 spiro atoms. The SMILES string of the molecule is Cc1c(C(=O)Nc2nnc([C@@H]3CCCO3)s2)cnn1-c1ccccc1. The van der Waals surface area contributed by atoms with E-state index in [0.717, 1.165) is 35.8 Å². The smallest absolute Gasteiger partial charge is 0.260 e. The number of aromatic nitrogens is 4. The first-order valence-electron chi connectivity index (χ1n) is 8.09. The first kappa shape index (κ1) is 15.9. The molecule has 0 aliphatic carbocycles. The molecule has 3 aromatic rings. The van der Waals surface area contributed by atoms with Gasteiger partial charge in [-0.15, -0.1) is 10.2 Å². The standard InChI is InChI=1S/C17H17N5O2S/c1-11-13(10-18-22(11)12-6-3-2-4-7-12)15(23)19-17-21-20-16(25-17)14-8-5-9-24-14/h2-4,6-7,10,14H,5,8-9H2,1H3,(H,19,21,23)/t14-/m0/s1. The quantitative estimate of drug-likeness (QED) is 0.777. The zero-order valence-corrected chi connectivity index (χ0v) is 14.5. The second-order valence-corrected chi connectivity index (χ2v) is 6.80. The summed E-state index contributed by atoms with van der Waals surface area (Å²) in [5, 5.41) is 16.6. The van der Waals surface area contributed by atoms with Crippen LogP contribution in [0.3, 0.4) is 0 Å². The van der Waals surface area contributed by atoms with Crippen molar-refractivity contribution in [2.24, 2.45) is 0 Å². The van der Waals surface area contributed by atoms with Crippen molar-refractivity contribution >= 4 is 22.4 Å². The molecule has 7 nitrogen and oxygen atoms in total. The van der Waals surface area contributed by atoms with Crippen molar-refractivity contribution in [3.8, 4) is 5.69 Å². The Labute approximate surface area is 148 Å². The normalized spacial score (nSPS) is 16.9. The molecule has 0 bridgehead atoms. The van der Waals surface area contributed by atoms with Gasteiger partial charge in [-0.05, 0) is 31.9 Å². The van der Waals surface area contributed by atoms with Gasteiger partial charge in [0.2, 0.25) is 5.13 Å². The molecule has 1 aliphatic rings. The van der Waals surface area contributed by atoms with Crippen molar-refractivity contribution in [3.63, 3.8) is 0 Å². The number of anilines is 1. The van der Waals surface area contributed by atoms with E-state index in [-0.39, 0.29) is 12.0 Å². The number of hydrogen-bond donors (Lipinski definition) is 1. The van der Waals surface area contributed by atoms with E-state index >= 15 is 0 Å². The fraction of sp³-hybridized carbons (Fsp3) is 0.294. The predicted molar refractivity (Wildman–Crippen MR) is 94.1 cm³/mol. The molecule has 8 heteroatoms. The number of benzene rings is 1. The molecule has 2 aromatic heterocycles. The molecular formula is C17H17N5O2S. The summed E-state index contributed by atoms with van der Waals surface area (Å²) in [5.74, 6) is -0.241. The van der Waals surface area contributed by atoms with Crippen LogP contribution < -0.4 is 5.32 Å². The zero-order chi connectivity index (χ0) is 17.2. The van der Waals surface area contributed by atoms with E-state index in [1.807, 2.05) is 37.3 Å². The van der Waals surface area contributed by atoms with Crippen molar-refractivity contribution < 1.29 is 9.53 Å². The van der Waals surface area contributed by atoms with Crippen molar-refractivity contribution in [3.05, 3.63) is 52.8 Å². The number of para-hydroxylation sites is 1. The number of carbonyl (C=O) groups excluding carboxylic acids is 1. The van der Waals surface area contributed by atoms with E-state index in [9.17, 15) is 4.79 Å². The van der Waals surface area contributed by atoms with E-state index in [4.69, 9.17) is 4.74 Å². The van der Waals surface area contributed by atoms with Gasteiger partial charge in [0.05, 0.1) is 23.1 Å². The summed E-state index contributed by atoms with van der Waals surface area (Å²) in [6, 6.07) is 9.70. The lowest BCUT2D eigenvalue weighted by Crippen LogP contribution is -2.13. The number of nitrogens with one attached hydrogen (secondary N) is 1. The summed E-state index contributed by atoms with van der Waals surface area (Å²) in [6.07, 6.45) is 3.56. The molecule has 1 atom stereocenters. The van der Waals surface area contributed by atoms with Crippen molar-refractivity contribution in [2.75, 3.05) is 11.9 Å². The minimum atomic E-state index is -0.241. The maximum atomic E-state index is 12.6. The average molecular weight is 355 g/mol. The topological polar surface area (TPSA) is 81.9 Å². The number of carbonyl (C=O) groups is 1. The Hall–Kier alpha value is -2.58. The average Bonchev–Trinajstić information content (AvgIpc) is 3.35. The Balaban J connectivity index is 1.51. The van der Waals surface area contributed by atoms with Crippen molar-refractivity contribution in [1.82, 2.24) is 20.0 Å². The van der Waals surface area contributed by atoms with Crippen LogP contribution in [0.15, 0.2) is 36.5 Å². The molecule has 3 heterocycles. The van der Waals surface area contributed by atoms with Crippen LogP contribution in [0.2, 0.25) is 0 Å². The van der Waals surface area contributed by atoms with Gasteiger partial charge in [0, 0.05) is 6.61 Å². The lowest BCUT2D eigenvalue weighted by Gasteiger charge is -2.05. The van der Waals surface area contributed by atoms with Crippen LogP contribution in [-0.2, 0) is 4.74 Å². The Bertz CT molecular complexity index is 884. The highest BCUT2D eigenvalue weighted by atomic mass is 32.1. The summed E-state index contributed by atoms with van der Waals surface area (Å²) in [5.41, 5.74) is 2.20. The molecule has 1 fully saturated rings. The number of rotatable bonds is 4. The minimum absolute atomic E-state index is 0.00530. The Morgan fingerprint density at radius 1 is 1.32 bits per heavy atom. The fourth-order valence-electron chi connectivity index (χ4n) is 2.81. The monoisotopic (exact) mass is 355 g/mol. The second kappa shape index (κ2) is 6.73. The minimum Gasteiger partial charge on any atom is -0.371 e. The largest absolute Gasteiger partial charge is 0.371 e. The van der Waals surface area contributed by atoms with Crippen LogP contribution in [-0.4, -0.2) is 32.5 Å². The van der Waals surface area contributed by atoms with E-state index in [0.29, 0.717) is 10.7 Å². The Morgan fingerprint density at radius 2 is 2.16 bits per heavy atom. The lowest BCUT2D eigenvalue weighted by molar-refractivity contribution is 0.102. The molecule has 1 saturated heterocycles. The Morgan fingerprint density at radius 3 is 2.92 bits per heavy atom. The van der Waals surface area contributed by atoms with Crippen molar-refractivity contribution in [1.29, 1.82) is 0 Å². The van der Waals surface area contributed by atoms with Gasteiger partial charge in [-0.3, -0.25) is 10.1 Å². The van der Waals surface area contributed by atoms with Gasteiger partial charge in [-0.25, -0.2) is 4.68 Å². The van der Waals surface area contributed by atoms with Gasteiger partial charge in [0.15, 0.2) is 0 Å². The molecule has 1 aliphatic heterocycles. The van der Waals surface area contributed by atoms with E-state index in [2.05, 4.69) is 20.6 Å². The number of amides is 1. The number of ether oxygens (including phenoxy) is 1. The summed E-state index contributed by atoms with van der Waals surface area (Å²) >= 11 is 1.36. The summed E-state index contributed by atoms with van der Waals surface area (Å²) in [7, 11) is 0. The van der Waals surface area contributed by atoms with Crippen LogP contribution in [0.4, 0.5) is 5.13 Å².